The van der Waals surface area contributed by atoms with Crippen LogP contribution in [0.25, 0.3) is 11.8 Å². The van der Waals surface area contributed by atoms with Gasteiger partial charge in [0.15, 0.2) is 4.80 Å². The molecule has 1 atom stereocenters. The third-order valence-electron chi connectivity index (χ3n) is 6.65. The summed E-state index contributed by atoms with van der Waals surface area (Å²) in [6.07, 6.45) is 5.45. The number of allylic oxidation sites excluding steroid dienone is 1. The van der Waals surface area contributed by atoms with Gasteiger partial charge < -0.3 is 4.74 Å². The van der Waals surface area contributed by atoms with Gasteiger partial charge in [-0.3, -0.25) is 9.36 Å². The summed E-state index contributed by atoms with van der Waals surface area (Å²) in [5.74, 6) is 0.703. The first kappa shape index (κ1) is 24.3. The highest BCUT2D eigenvalue weighted by atomic mass is 79.9. The molecular weight excluding hydrogens is 612 g/mol. The molecule has 4 nitrogen and oxygen atoms in total. The molecule has 184 valence electrons. The molecule has 0 saturated heterocycles. The smallest absolute Gasteiger partial charge is 0.271 e. The number of aryl methyl sites for hydroxylation is 1. The average Bonchev–Trinajstić information content (AvgIpc) is 3.21. The van der Waals surface area contributed by atoms with Crippen molar-refractivity contribution in [2.45, 2.75) is 18.9 Å². The maximum Gasteiger partial charge on any atom is 0.271 e. The van der Waals surface area contributed by atoms with Crippen molar-refractivity contribution in [3.63, 3.8) is 0 Å². The number of benzene rings is 3. The molecule has 2 heterocycles. The van der Waals surface area contributed by atoms with Crippen molar-refractivity contribution in [2.75, 3.05) is 6.61 Å². The van der Waals surface area contributed by atoms with Crippen molar-refractivity contribution in [1.82, 2.24) is 4.57 Å². The second-order valence-corrected chi connectivity index (χ2v) is 11.7. The summed E-state index contributed by atoms with van der Waals surface area (Å²) in [5, 5.41) is 0. The zero-order valence-electron chi connectivity index (χ0n) is 19.8. The Kier molecular flexibility index (Phi) is 6.61. The van der Waals surface area contributed by atoms with E-state index in [1.165, 1.54) is 28.0 Å². The molecule has 0 saturated carbocycles. The Morgan fingerprint density at radius 3 is 2.54 bits per heavy atom. The molecule has 0 bridgehead atoms. The molecule has 1 aromatic heterocycles. The van der Waals surface area contributed by atoms with E-state index in [4.69, 9.17) is 9.73 Å². The first-order valence-corrected chi connectivity index (χ1v) is 14.4. The highest BCUT2D eigenvalue weighted by molar-refractivity contribution is 9.11. The van der Waals surface area contributed by atoms with E-state index >= 15 is 0 Å². The summed E-state index contributed by atoms with van der Waals surface area (Å²) in [6.45, 7) is 4.11. The second-order valence-electron chi connectivity index (χ2n) is 8.94. The molecule has 2 aliphatic rings. The molecule has 6 rings (SSSR count). The van der Waals surface area contributed by atoms with Crippen LogP contribution in [0.1, 0.15) is 34.7 Å². The predicted molar refractivity (Wildman–Crippen MR) is 157 cm³/mol. The third-order valence-corrected chi connectivity index (χ3v) is 8.81. The Hall–Kier alpha value is -3.00. The van der Waals surface area contributed by atoms with Crippen molar-refractivity contribution in [2.24, 2.45) is 4.99 Å². The standard InChI is InChI=1S/C30H22Br2N2O2S/c1-2-14-36-28-23(31)15-18(16-24(28)32)17-25-29(35)34-27(20-9-4-3-5-10-20)22-13-12-19-8-6-7-11-21(19)26(22)33-30(34)37-25/h2-11,15-17,27H,1,12-14H2. The summed E-state index contributed by atoms with van der Waals surface area (Å²) in [7, 11) is 0. The van der Waals surface area contributed by atoms with Crippen LogP contribution < -0.4 is 19.6 Å². The van der Waals surface area contributed by atoms with Crippen molar-refractivity contribution in [3.8, 4) is 5.75 Å². The number of rotatable bonds is 5. The van der Waals surface area contributed by atoms with Gasteiger partial charge in [-0.05, 0) is 85.2 Å². The van der Waals surface area contributed by atoms with Crippen LogP contribution in [-0.4, -0.2) is 11.2 Å². The minimum absolute atomic E-state index is 0.0257. The van der Waals surface area contributed by atoms with E-state index in [0.717, 1.165) is 43.4 Å². The third kappa shape index (κ3) is 4.39. The quantitative estimate of drug-likeness (QED) is 0.239. The number of aromatic nitrogens is 1. The predicted octanol–water partition coefficient (Wildman–Crippen LogP) is 6.41. The largest absolute Gasteiger partial charge is 0.487 e. The zero-order chi connectivity index (χ0) is 25.5. The number of halogens is 2. The van der Waals surface area contributed by atoms with Crippen molar-refractivity contribution < 1.29 is 4.74 Å². The van der Waals surface area contributed by atoms with Gasteiger partial charge in [-0.1, -0.05) is 78.6 Å². The van der Waals surface area contributed by atoms with E-state index < -0.39 is 0 Å². The van der Waals surface area contributed by atoms with Crippen LogP contribution in [-0.2, 0) is 6.42 Å². The highest BCUT2D eigenvalue weighted by Crippen LogP contribution is 2.41. The topological polar surface area (TPSA) is 43.6 Å². The van der Waals surface area contributed by atoms with Gasteiger partial charge in [0.2, 0.25) is 0 Å². The second kappa shape index (κ2) is 10.0. The molecule has 7 heteroatoms. The van der Waals surface area contributed by atoms with Gasteiger partial charge in [0.1, 0.15) is 12.4 Å². The van der Waals surface area contributed by atoms with Crippen LogP contribution >= 0.6 is 43.2 Å². The first-order chi connectivity index (χ1) is 18.0. The number of fused-ring (bicyclic) bond motifs is 3. The van der Waals surface area contributed by atoms with Crippen LogP contribution in [0.15, 0.2) is 104 Å². The van der Waals surface area contributed by atoms with E-state index in [1.807, 2.05) is 41.0 Å². The number of ether oxygens (including phenoxy) is 1. The lowest BCUT2D eigenvalue weighted by Crippen LogP contribution is -2.38. The van der Waals surface area contributed by atoms with Gasteiger partial charge in [-0.15, -0.1) is 0 Å². The summed E-state index contributed by atoms with van der Waals surface area (Å²) < 4.78 is 9.88. The Morgan fingerprint density at radius 1 is 1.05 bits per heavy atom. The van der Waals surface area contributed by atoms with Gasteiger partial charge in [0.25, 0.3) is 5.56 Å². The summed E-state index contributed by atoms with van der Waals surface area (Å²) in [5.41, 5.74) is 6.67. The maximum absolute atomic E-state index is 13.9. The fraction of sp³-hybridized carbons (Fsp3) is 0.133. The van der Waals surface area contributed by atoms with Crippen molar-refractivity contribution >= 4 is 55.0 Å². The molecule has 4 aromatic rings. The number of thiazole rings is 1. The maximum atomic E-state index is 13.9. The van der Waals surface area contributed by atoms with Gasteiger partial charge in [0.05, 0.1) is 25.2 Å². The zero-order valence-corrected chi connectivity index (χ0v) is 23.8. The first-order valence-electron chi connectivity index (χ1n) is 12.0. The molecule has 1 aliphatic heterocycles. The van der Waals surface area contributed by atoms with Crippen LogP contribution in [0.2, 0.25) is 0 Å². The lowest BCUT2D eigenvalue weighted by molar-refractivity contribution is 0.358. The molecule has 37 heavy (non-hydrogen) atoms. The van der Waals surface area contributed by atoms with Gasteiger partial charge in [-0.2, -0.15) is 0 Å². The lowest BCUT2D eigenvalue weighted by atomic mass is 9.83. The summed E-state index contributed by atoms with van der Waals surface area (Å²) >= 11 is 8.63. The molecule has 0 radical (unpaired) electrons. The average molecular weight is 634 g/mol. The Labute approximate surface area is 235 Å². The van der Waals surface area contributed by atoms with Gasteiger partial charge in [-0.25, -0.2) is 4.99 Å². The SMILES string of the molecule is C=CCOc1c(Br)cc(C=c2sc3n(c2=O)C(c2ccccc2)C2=C(N=3)c3ccccc3CC2)cc1Br. The van der Waals surface area contributed by atoms with E-state index in [2.05, 4.69) is 74.8 Å². The Morgan fingerprint density at radius 2 is 1.78 bits per heavy atom. The Balaban J connectivity index is 1.54. The fourth-order valence-corrected chi connectivity index (χ4v) is 7.50. The fourth-order valence-electron chi connectivity index (χ4n) is 5.05. The van der Waals surface area contributed by atoms with Gasteiger partial charge in [0, 0.05) is 5.56 Å². The van der Waals surface area contributed by atoms with E-state index in [0.29, 0.717) is 16.9 Å². The molecule has 1 unspecified atom stereocenters. The van der Waals surface area contributed by atoms with Crippen molar-refractivity contribution in [1.29, 1.82) is 0 Å². The molecular formula is C30H22Br2N2O2S. The summed E-state index contributed by atoms with van der Waals surface area (Å²) in [4.78, 5) is 19.7. The molecule has 0 fully saturated rings. The van der Waals surface area contributed by atoms with E-state index in [1.54, 1.807) is 6.08 Å². The minimum atomic E-state index is -0.170. The monoisotopic (exact) mass is 632 g/mol. The van der Waals surface area contributed by atoms with Crippen LogP contribution in [0.5, 0.6) is 5.75 Å². The molecule has 3 aromatic carbocycles. The van der Waals surface area contributed by atoms with Crippen LogP contribution in [0.4, 0.5) is 0 Å². The number of hydrogen-bond acceptors (Lipinski definition) is 4. The summed E-state index contributed by atoms with van der Waals surface area (Å²) in [6, 6.07) is 22.5. The Bertz CT molecular complexity index is 1730. The van der Waals surface area contributed by atoms with E-state index in [-0.39, 0.29) is 11.6 Å². The lowest BCUT2D eigenvalue weighted by Gasteiger charge is -2.30. The normalized spacial score (nSPS) is 16.5. The number of hydrogen-bond donors (Lipinski definition) is 0. The minimum Gasteiger partial charge on any atom is -0.487 e. The van der Waals surface area contributed by atoms with Gasteiger partial charge >= 0.3 is 0 Å². The molecule has 0 N–H and O–H groups in total. The van der Waals surface area contributed by atoms with Crippen LogP contribution in [0, 0.1) is 0 Å². The highest BCUT2D eigenvalue weighted by Gasteiger charge is 2.32. The number of nitrogens with zero attached hydrogens (tertiary/aromatic N) is 2. The molecule has 0 spiro atoms. The molecule has 0 amide bonds. The molecule has 1 aliphatic carbocycles. The van der Waals surface area contributed by atoms with Crippen LogP contribution in [0.3, 0.4) is 0 Å². The van der Waals surface area contributed by atoms with Crippen molar-refractivity contribution in [3.05, 3.63) is 136 Å². The van der Waals surface area contributed by atoms with E-state index in [9.17, 15) is 4.79 Å².